The van der Waals surface area contributed by atoms with Gasteiger partial charge in [-0.1, -0.05) is 6.07 Å². The van der Waals surface area contributed by atoms with Crippen LogP contribution >= 0.6 is 0 Å². The van der Waals surface area contributed by atoms with Crippen molar-refractivity contribution in [3.05, 3.63) is 42.6 Å². The first-order valence-corrected chi connectivity index (χ1v) is 4.62. The zero-order valence-corrected chi connectivity index (χ0v) is 8.34. The van der Waals surface area contributed by atoms with Crippen LogP contribution in [0.25, 0.3) is 0 Å². The second kappa shape index (κ2) is 4.41. The van der Waals surface area contributed by atoms with Crippen molar-refractivity contribution in [2.75, 3.05) is 12.4 Å². The molecule has 0 amide bonds. The van der Waals surface area contributed by atoms with Gasteiger partial charge in [0, 0.05) is 31.1 Å². The molecular formula is C11H11N3O. The van der Waals surface area contributed by atoms with Gasteiger partial charge in [0.1, 0.15) is 5.75 Å². The minimum absolute atomic E-state index is 0.491. The molecule has 1 N–H and O–H groups in total. The van der Waals surface area contributed by atoms with Crippen LogP contribution in [0.15, 0.2) is 42.6 Å². The highest BCUT2D eigenvalue weighted by molar-refractivity contribution is 5.48. The molecule has 2 aromatic rings. The van der Waals surface area contributed by atoms with E-state index in [0.29, 0.717) is 5.88 Å². The molecule has 4 nitrogen and oxygen atoms in total. The summed E-state index contributed by atoms with van der Waals surface area (Å²) >= 11 is 0. The van der Waals surface area contributed by atoms with Crippen molar-refractivity contribution in [2.24, 2.45) is 0 Å². The van der Waals surface area contributed by atoms with Crippen molar-refractivity contribution in [1.29, 1.82) is 0 Å². The number of hydrogen-bond donors (Lipinski definition) is 1. The van der Waals surface area contributed by atoms with E-state index in [-0.39, 0.29) is 0 Å². The fourth-order valence-electron chi connectivity index (χ4n) is 1.18. The van der Waals surface area contributed by atoms with Crippen LogP contribution in [-0.2, 0) is 0 Å². The summed E-state index contributed by atoms with van der Waals surface area (Å²) in [5.41, 5.74) is 0.997. The first-order chi connectivity index (χ1) is 7.38. The van der Waals surface area contributed by atoms with Gasteiger partial charge in [-0.05, 0) is 18.2 Å². The Hall–Kier alpha value is -2.10. The van der Waals surface area contributed by atoms with E-state index in [1.54, 1.807) is 18.3 Å². The number of nitrogens with one attached hydrogen (secondary N) is 1. The van der Waals surface area contributed by atoms with Gasteiger partial charge in [-0.3, -0.25) is 0 Å². The van der Waals surface area contributed by atoms with E-state index in [1.165, 1.54) is 0 Å². The molecule has 0 aliphatic carbocycles. The Morgan fingerprint density at radius 1 is 1.20 bits per heavy atom. The third-order valence-electron chi connectivity index (χ3n) is 1.89. The lowest BCUT2D eigenvalue weighted by Gasteiger charge is -2.05. The normalized spacial score (nSPS) is 9.67. The smallest absolute Gasteiger partial charge is 0.238 e. The van der Waals surface area contributed by atoms with E-state index in [4.69, 9.17) is 4.74 Å². The maximum absolute atomic E-state index is 5.51. The Morgan fingerprint density at radius 3 is 2.87 bits per heavy atom. The van der Waals surface area contributed by atoms with E-state index in [2.05, 4.69) is 15.5 Å². The second-order valence-corrected chi connectivity index (χ2v) is 2.94. The molecule has 4 heteroatoms. The van der Waals surface area contributed by atoms with Gasteiger partial charge in [-0.15, -0.1) is 5.10 Å². The minimum Gasteiger partial charge on any atom is -0.437 e. The van der Waals surface area contributed by atoms with E-state index in [9.17, 15) is 0 Å². The lowest BCUT2D eigenvalue weighted by atomic mass is 10.3. The topological polar surface area (TPSA) is 47.0 Å². The van der Waals surface area contributed by atoms with Crippen molar-refractivity contribution >= 4 is 5.69 Å². The molecule has 0 aliphatic rings. The molecule has 0 unspecified atom stereocenters. The molecule has 0 saturated heterocycles. The lowest BCUT2D eigenvalue weighted by molar-refractivity contribution is 0.455. The number of hydrogen-bond acceptors (Lipinski definition) is 4. The Labute approximate surface area is 87.9 Å². The largest absolute Gasteiger partial charge is 0.437 e. The first kappa shape index (κ1) is 9.45. The Morgan fingerprint density at radius 2 is 2.13 bits per heavy atom. The number of ether oxygens (including phenoxy) is 1. The Kier molecular flexibility index (Phi) is 2.78. The molecule has 0 atom stereocenters. The predicted molar refractivity (Wildman–Crippen MR) is 58.1 cm³/mol. The minimum atomic E-state index is 0.491. The number of rotatable bonds is 3. The summed E-state index contributed by atoms with van der Waals surface area (Å²) in [6.07, 6.45) is 1.61. The van der Waals surface area contributed by atoms with Gasteiger partial charge in [-0.2, -0.15) is 5.10 Å². The molecule has 1 heterocycles. The number of aromatic nitrogens is 2. The highest BCUT2D eigenvalue weighted by Crippen LogP contribution is 2.21. The van der Waals surface area contributed by atoms with Crippen LogP contribution in [0.3, 0.4) is 0 Å². The monoisotopic (exact) mass is 201 g/mol. The average molecular weight is 201 g/mol. The van der Waals surface area contributed by atoms with E-state index in [1.807, 2.05) is 31.3 Å². The molecule has 15 heavy (non-hydrogen) atoms. The van der Waals surface area contributed by atoms with Crippen LogP contribution in [0.5, 0.6) is 11.6 Å². The number of anilines is 1. The summed E-state index contributed by atoms with van der Waals surface area (Å²) in [6, 6.07) is 11.2. The first-order valence-electron chi connectivity index (χ1n) is 4.62. The highest BCUT2D eigenvalue weighted by Gasteiger charge is 1.98. The van der Waals surface area contributed by atoms with E-state index >= 15 is 0 Å². The Balaban J connectivity index is 2.17. The van der Waals surface area contributed by atoms with Crippen LogP contribution in [0.1, 0.15) is 0 Å². The summed E-state index contributed by atoms with van der Waals surface area (Å²) in [5, 5.41) is 10.6. The molecule has 1 aromatic carbocycles. The quantitative estimate of drug-likeness (QED) is 0.827. The molecule has 0 saturated carbocycles. The summed E-state index contributed by atoms with van der Waals surface area (Å²) in [5.74, 6) is 1.23. The van der Waals surface area contributed by atoms with Gasteiger partial charge in [0.05, 0.1) is 0 Å². The summed E-state index contributed by atoms with van der Waals surface area (Å²) in [4.78, 5) is 0. The van der Waals surface area contributed by atoms with Crippen molar-refractivity contribution in [1.82, 2.24) is 10.2 Å². The average Bonchev–Trinajstić information content (AvgIpc) is 2.31. The predicted octanol–water partition coefficient (Wildman–Crippen LogP) is 2.31. The van der Waals surface area contributed by atoms with Crippen LogP contribution in [-0.4, -0.2) is 17.2 Å². The van der Waals surface area contributed by atoms with Crippen molar-refractivity contribution in [2.45, 2.75) is 0 Å². The molecule has 0 aliphatic heterocycles. The molecular weight excluding hydrogens is 190 g/mol. The molecule has 0 radical (unpaired) electrons. The molecule has 0 fully saturated rings. The van der Waals surface area contributed by atoms with Gasteiger partial charge < -0.3 is 10.1 Å². The van der Waals surface area contributed by atoms with Crippen LogP contribution < -0.4 is 10.1 Å². The molecule has 0 bridgehead atoms. The molecule has 0 spiro atoms. The van der Waals surface area contributed by atoms with Gasteiger partial charge in [-0.25, -0.2) is 0 Å². The zero-order chi connectivity index (χ0) is 10.5. The standard InChI is InChI=1S/C11H11N3O/c1-12-9-4-2-5-10(8-9)15-11-6-3-7-13-14-11/h2-8,12H,1H3. The summed E-state index contributed by atoms with van der Waals surface area (Å²) < 4.78 is 5.51. The Bertz CT molecular complexity index is 431. The van der Waals surface area contributed by atoms with Gasteiger partial charge in [0.25, 0.3) is 0 Å². The van der Waals surface area contributed by atoms with Crippen molar-refractivity contribution in [3.63, 3.8) is 0 Å². The number of benzene rings is 1. The third kappa shape index (κ3) is 2.43. The maximum Gasteiger partial charge on any atom is 0.238 e. The van der Waals surface area contributed by atoms with Gasteiger partial charge in [0.15, 0.2) is 0 Å². The fourth-order valence-corrected chi connectivity index (χ4v) is 1.18. The summed E-state index contributed by atoms with van der Waals surface area (Å²) in [7, 11) is 1.86. The highest BCUT2D eigenvalue weighted by atomic mass is 16.5. The fraction of sp³-hybridized carbons (Fsp3) is 0.0909. The van der Waals surface area contributed by atoms with Crippen LogP contribution in [0, 0.1) is 0 Å². The van der Waals surface area contributed by atoms with Gasteiger partial charge >= 0.3 is 0 Å². The SMILES string of the molecule is CNc1cccc(Oc2cccnn2)c1. The van der Waals surface area contributed by atoms with E-state index < -0.39 is 0 Å². The number of nitrogens with zero attached hydrogens (tertiary/aromatic N) is 2. The zero-order valence-electron chi connectivity index (χ0n) is 8.34. The van der Waals surface area contributed by atoms with Crippen LogP contribution in [0.4, 0.5) is 5.69 Å². The van der Waals surface area contributed by atoms with Crippen molar-refractivity contribution < 1.29 is 4.74 Å². The maximum atomic E-state index is 5.51. The lowest BCUT2D eigenvalue weighted by Crippen LogP contribution is -1.91. The van der Waals surface area contributed by atoms with Gasteiger partial charge in [0.2, 0.25) is 5.88 Å². The molecule has 1 aromatic heterocycles. The van der Waals surface area contributed by atoms with Crippen LogP contribution in [0.2, 0.25) is 0 Å². The molecule has 2 rings (SSSR count). The molecule has 76 valence electrons. The van der Waals surface area contributed by atoms with Crippen molar-refractivity contribution in [3.8, 4) is 11.6 Å². The second-order valence-electron chi connectivity index (χ2n) is 2.94. The van der Waals surface area contributed by atoms with E-state index in [0.717, 1.165) is 11.4 Å². The summed E-state index contributed by atoms with van der Waals surface area (Å²) in [6.45, 7) is 0. The third-order valence-corrected chi connectivity index (χ3v) is 1.89.